The zero-order chi connectivity index (χ0) is 22.8. The van der Waals surface area contributed by atoms with Crippen LogP contribution in [0.1, 0.15) is 27.0 Å². The lowest BCUT2D eigenvalue weighted by Gasteiger charge is -2.14. The van der Waals surface area contributed by atoms with E-state index < -0.39 is 5.82 Å². The van der Waals surface area contributed by atoms with Crippen molar-refractivity contribution in [3.8, 4) is 5.75 Å². The van der Waals surface area contributed by atoms with E-state index in [0.29, 0.717) is 37.5 Å². The summed E-state index contributed by atoms with van der Waals surface area (Å²) in [5.74, 6) is -0.159. The van der Waals surface area contributed by atoms with Gasteiger partial charge in [0.1, 0.15) is 28.2 Å². The number of halogens is 2. The maximum absolute atomic E-state index is 15.0. The molecule has 3 aromatic rings. The summed E-state index contributed by atoms with van der Waals surface area (Å²) in [4.78, 5) is 26.2. The number of hydrogen-bond acceptors (Lipinski definition) is 8. The van der Waals surface area contributed by atoms with Crippen LogP contribution in [0.2, 0.25) is 0 Å². The molecule has 1 aliphatic heterocycles. The van der Waals surface area contributed by atoms with E-state index in [1.54, 1.807) is 43.6 Å². The molecule has 0 bridgehead atoms. The van der Waals surface area contributed by atoms with E-state index >= 15 is 0 Å². The summed E-state index contributed by atoms with van der Waals surface area (Å²) in [7, 11) is 0. The number of carbonyl (C=O) groups excluding carboxylic acids is 1. The van der Waals surface area contributed by atoms with Gasteiger partial charge in [-0.15, -0.1) is 11.8 Å². The van der Waals surface area contributed by atoms with Gasteiger partial charge >= 0.3 is 0 Å². The van der Waals surface area contributed by atoms with Crippen LogP contribution >= 0.6 is 51.2 Å². The Morgan fingerprint density at radius 2 is 2.09 bits per heavy atom. The van der Waals surface area contributed by atoms with E-state index in [4.69, 9.17) is 4.74 Å². The molecule has 2 aromatic heterocycles. The average molecular weight is 551 g/mol. The van der Waals surface area contributed by atoms with Gasteiger partial charge in [-0.1, -0.05) is 23.5 Å². The van der Waals surface area contributed by atoms with Crippen molar-refractivity contribution < 1.29 is 13.9 Å². The fourth-order valence-electron chi connectivity index (χ4n) is 3.04. The van der Waals surface area contributed by atoms with Gasteiger partial charge in [-0.3, -0.25) is 4.79 Å². The molecule has 0 fully saturated rings. The van der Waals surface area contributed by atoms with Gasteiger partial charge in [-0.25, -0.2) is 19.3 Å². The van der Waals surface area contributed by atoms with Crippen LogP contribution in [-0.4, -0.2) is 33.2 Å². The summed E-state index contributed by atoms with van der Waals surface area (Å²) in [6.07, 6.45) is 8.90. The number of allylic oxidation sites excluding steroid dienone is 1. The maximum Gasteiger partial charge on any atom is 0.202 e. The standard InChI is InChI=1S/C22H17BrFN3O2S3/c1-11-15(29-10-13-9-26-22(31-3)27-20(13)30-2)7-12(17(23)18(11)24)8-16-19(28)14-5-4-6-25-21(14)32-16/h4-9H,10H2,1-3H3/b16-8-. The van der Waals surface area contributed by atoms with E-state index in [2.05, 4.69) is 30.9 Å². The molecular formula is C22H17BrFN3O2S3. The third-order valence-electron chi connectivity index (χ3n) is 4.73. The largest absolute Gasteiger partial charge is 0.488 e. The zero-order valence-corrected chi connectivity index (χ0v) is 21.3. The molecule has 0 amide bonds. The number of nitrogens with zero attached hydrogens (tertiary/aromatic N) is 3. The molecular weight excluding hydrogens is 533 g/mol. The third kappa shape index (κ3) is 4.59. The van der Waals surface area contributed by atoms with E-state index in [0.717, 1.165) is 10.6 Å². The van der Waals surface area contributed by atoms with Gasteiger partial charge in [0.15, 0.2) is 5.16 Å². The molecule has 164 valence electrons. The smallest absolute Gasteiger partial charge is 0.202 e. The highest BCUT2D eigenvalue weighted by Crippen LogP contribution is 2.41. The van der Waals surface area contributed by atoms with Crippen molar-refractivity contribution >= 4 is 63.1 Å². The predicted octanol–water partition coefficient (Wildman–Crippen LogP) is 6.43. The molecule has 1 aromatic carbocycles. The lowest BCUT2D eigenvalue weighted by atomic mass is 10.1. The molecule has 10 heteroatoms. The Bertz CT molecular complexity index is 1250. The van der Waals surface area contributed by atoms with E-state index in [1.165, 1.54) is 35.3 Å². The number of Topliss-reactive ketones (excluding diaryl/α,β-unsaturated/α-hetero) is 1. The second-order valence-corrected chi connectivity index (χ2v) is 10.1. The number of fused-ring (bicyclic) bond motifs is 1. The summed E-state index contributed by atoms with van der Waals surface area (Å²) < 4.78 is 21.2. The second kappa shape index (κ2) is 9.94. The van der Waals surface area contributed by atoms with Crippen molar-refractivity contribution in [1.29, 1.82) is 0 Å². The molecule has 0 radical (unpaired) electrons. The van der Waals surface area contributed by atoms with Gasteiger partial charge in [-0.2, -0.15) is 0 Å². The van der Waals surface area contributed by atoms with Gasteiger partial charge in [0.05, 0.1) is 14.9 Å². The summed E-state index contributed by atoms with van der Waals surface area (Å²) in [5.41, 5.74) is 2.27. The first kappa shape index (κ1) is 23.3. The number of benzene rings is 1. The molecule has 3 heterocycles. The van der Waals surface area contributed by atoms with Crippen LogP contribution in [0.3, 0.4) is 0 Å². The van der Waals surface area contributed by atoms with Gasteiger partial charge in [0.2, 0.25) is 5.78 Å². The molecule has 0 N–H and O–H groups in total. The number of pyridine rings is 1. The normalized spacial score (nSPS) is 14.2. The third-order valence-corrected chi connectivity index (χ3v) is 7.88. The molecule has 0 atom stereocenters. The Labute approximate surface area is 206 Å². The first-order chi connectivity index (χ1) is 15.4. The minimum atomic E-state index is -0.431. The summed E-state index contributed by atoms with van der Waals surface area (Å²) in [6.45, 7) is 1.86. The number of aromatic nitrogens is 3. The number of ketones is 1. The average Bonchev–Trinajstić information content (AvgIpc) is 3.13. The van der Waals surface area contributed by atoms with Gasteiger partial charge in [0.25, 0.3) is 0 Å². The topological polar surface area (TPSA) is 65.0 Å². The summed E-state index contributed by atoms with van der Waals surface area (Å²) in [5, 5.41) is 2.16. The van der Waals surface area contributed by atoms with Gasteiger partial charge in [-0.05, 0) is 65.2 Å². The van der Waals surface area contributed by atoms with Crippen LogP contribution < -0.4 is 4.74 Å². The SMILES string of the molecule is CSc1ncc(COc2cc(/C=C3\Sc4ncccc4C3=O)c(Br)c(F)c2C)c(SC)n1. The number of carbonyl (C=O) groups is 1. The van der Waals surface area contributed by atoms with Crippen molar-refractivity contribution in [2.75, 3.05) is 12.5 Å². The summed E-state index contributed by atoms with van der Waals surface area (Å²) >= 11 is 7.58. The molecule has 0 saturated carbocycles. The fourth-order valence-corrected chi connectivity index (χ4v) is 5.49. The lowest BCUT2D eigenvalue weighted by molar-refractivity contribution is 0.104. The highest BCUT2D eigenvalue weighted by atomic mass is 79.9. The first-order valence-corrected chi connectivity index (χ1v) is 13.4. The van der Waals surface area contributed by atoms with Crippen LogP contribution in [0, 0.1) is 12.7 Å². The zero-order valence-electron chi connectivity index (χ0n) is 17.3. The Morgan fingerprint density at radius 1 is 1.28 bits per heavy atom. The van der Waals surface area contributed by atoms with Crippen LogP contribution in [0.15, 0.2) is 55.2 Å². The fraction of sp³-hybridized carbons (Fsp3) is 0.182. The van der Waals surface area contributed by atoms with E-state index in [9.17, 15) is 9.18 Å². The lowest BCUT2D eigenvalue weighted by Crippen LogP contribution is -2.04. The van der Waals surface area contributed by atoms with Crippen molar-refractivity contribution in [3.63, 3.8) is 0 Å². The Hall–Kier alpha value is -1.88. The molecule has 1 aliphatic rings. The van der Waals surface area contributed by atoms with Crippen molar-refractivity contribution in [2.45, 2.75) is 28.7 Å². The number of rotatable bonds is 6. The highest BCUT2D eigenvalue weighted by molar-refractivity contribution is 9.10. The van der Waals surface area contributed by atoms with Gasteiger partial charge in [0, 0.05) is 23.5 Å². The van der Waals surface area contributed by atoms with E-state index in [-0.39, 0.29) is 16.9 Å². The second-order valence-electron chi connectivity index (χ2n) is 6.69. The predicted molar refractivity (Wildman–Crippen MR) is 131 cm³/mol. The molecule has 4 rings (SSSR count). The monoisotopic (exact) mass is 549 g/mol. The minimum Gasteiger partial charge on any atom is -0.488 e. The van der Waals surface area contributed by atoms with Crippen molar-refractivity contribution in [2.24, 2.45) is 0 Å². The molecule has 0 unspecified atom stereocenters. The quantitative estimate of drug-likeness (QED) is 0.151. The number of hydrogen-bond donors (Lipinski definition) is 0. The molecule has 32 heavy (non-hydrogen) atoms. The van der Waals surface area contributed by atoms with Gasteiger partial charge < -0.3 is 4.74 Å². The molecule has 5 nitrogen and oxygen atoms in total. The van der Waals surface area contributed by atoms with Crippen LogP contribution in [0.4, 0.5) is 4.39 Å². The van der Waals surface area contributed by atoms with Crippen molar-refractivity contribution in [3.05, 3.63) is 68.0 Å². The van der Waals surface area contributed by atoms with Crippen LogP contribution in [-0.2, 0) is 6.61 Å². The van der Waals surface area contributed by atoms with E-state index in [1.807, 2.05) is 12.5 Å². The number of thioether (sulfide) groups is 3. The number of ether oxygens (including phenoxy) is 1. The van der Waals surface area contributed by atoms with Crippen molar-refractivity contribution in [1.82, 2.24) is 15.0 Å². The summed E-state index contributed by atoms with van der Waals surface area (Å²) in [6, 6.07) is 5.20. The molecule has 0 saturated heterocycles. The maximum atomic E-state index is 15.0. The minimum absolute atomic E-state index is 0.121. The Morgan fingerprint density at radius 3 is 2.81 bits per heavy atom. The van der Waals surface area contributed by atoms with Crippen LogP contribution in [0.5, 0.6) is 5.75 Å². The Kier molecular flexibility index (Phi) is 7.24. The van der Waals surface area contributed by atoms with Crippen LogP contribution in [0.25, 0.3) is 6.08 Å². The molecule has 0 spiro atoms. The highest BCUT2D eigenvalue weighted by Gasteiger charge is 2.27. The first-order valence-electron chi connectivity index (χ1n) is 9.37. The molecule has 0 aliphatic carbocycles. The Balaban J connectivity index is 1.64.